The molecular weight excluding hydrogens is 415 g/mol. The fourth-order valence-corrected chi connectivity index (χ4v) is 4.65. The topological polar surface area (TPSA) is 45.5 Å². The largest absolute Gasteiger partial charge is 0.457 e. The average molecular weight is 443 g/mol. The molecule has 0 radical (unpaired) electrons. The van der Waals surface area contributed by atoms with E-state index in [0.29, 0.717) is 34.1 Å². The van der Waals surface area contributed by atoms with E-state index in [1.54, 1.807) is 18.2 Å². The van der Waals surface area contributed by atoms with Gasteiger partial charge in [-0.05, 0) is 62.2 Å². The smallest absolute Gasteiger partial charge is 0.255 e. The van der Waals surface area contributed by atoms with Gasteiger partial charge >= 0.3 is 0 Å². The standard InChI is InChI=1S/C28H27FN2O2/c1-19-15-17-31(18-16-19)26(21-11-5-7-13-23(21)29)27-25(22-12-6-8-14-24(22)33-27)30-28(32)20-9-3-2-4-10-20/h2-14,19,26H,15-18H2,1H3,(H,30,32). The summed E-state index contributed by atoms with van der Waals surface area (Å²) >= 11 is 0. The SMILES string of the molecule is CC1CCN(C(c2ccccc2F)c2oc3ccccc3c2NC(=O)c2ccccc2)CC1. The summed E-state index contributed by atoms with van der Waals surface area (Å²) in [6, 6.07) is 23.1. The first kappa shape index (κ1) is 21.4. The van der Waals surface area contributed by atoms with E-state index in [1.807, 2.05) is 54.6 Å². The van der Waals surface area contributed by atoms with Crippen LogP contribution in [0, 0.1) is 11.7 Å². The molecular formula is C28H27FN2O2. The Morgan fingerprint density at radius 2 is 1.64 bits per heavy atom. The molecule has 1 aromatic heterocycles. The Morgan fingerprint density at radius 3 is 2.39 bits per heavy atom. The number of fused-ring (bicyclic) bond motifs is 1. The van der Waals surface area contributed by atoms with Gasteiger partial charge in [0.2, 0.25) is 0 Å². The average Bonchev–Trinajstić information content (AvgIpc) is 3.20. The molecule has 1 fully saturated rings. The number of anilines is 1. The molecule has 1 N–H and O–H groups in total. The number of rotatable bonds is 5. The van der Waals surface area contributed by atoms with Crippen molar-refractivity contribution in [1.29, 1.82) is 0 Å². The molecule has 0 spiro atoms. The zero-order valence-corrected chi connectivity index (χ0v) is 18.6. The maximum atomic E-state index is 15.1. The zero-order valence-electron chi connectivity index (χ0n) is 18.6. The minimum absolute atomic E-state index is 0.219. The van der Waals surface area contributed by atoms with Crippen LogP contribution in [0.4, 0.5) is 10.1 Å². The van der Waals surface area contributed by atoms with Crippen molar-refractivity contribution in [3.63, 3.8) is 0 Å². The Kier molecular flexibility index (Phi) is 5.97. The van der Waals surface area contributed by atoms with Crippen molar-refractivity contribution in [2.24, 2.45) is 5.92 Å². The highest BCUT2D eigenvalue weighted by Gasteiger charge is 2.33. The van der Waals surface area contributed by atoms with Crippen LogP contribution in [0.15, 0.2) is 83.3 Å². The van der Waals surface area contributed by atoms with Gasteiger partial charge in [-0.25, -0.2) is 4.39 Å². The molecule has 33 heavy (non-hydrogen) atoms. The van der Waals surface area contributed by atoms with Gasteiger partial charge in [-0.15, -0.1) is 0 Å². The van der Waals surface area contributed by atoms with Gasteiger partial charge in [0.05, 0.1) is 11.7 Å². The lowest BCUT2D eigenvalue weighted by Gasteiger charge is -2.36. The summed E-state index contributed by atoms with van der Waals surface area (Å²) in [6.45, 7) is 3.93. The van der Waals surface area contributed by atoms with Gasteiger partial charge in [-0.2, -0.15) is 0 Å². The normalized spacial score (nSPS) is 16.1. The summed E-state index contributed by atoms with van der Waals surface area (Å²) in [5.74, 6) is 0.709. The Bertz CT molecular complexity index is 1260. The highest BCUT2D eigenvalue weighted by atomic mass is 19.1. The molecule has 1 amide bonds. The number of nitrogens with one attached hydrogen (secondary N) is 1. The van der Waals surface area contributed by atoms with Gasteiger partial charge in [-0.3, -0.25) is 9.69 Å². The van der Waals surface area contributed by atoms with Crippen LogP contribution in [0.25, 0.3) is 11.0 Å². The number of hydrogen-bond donors (Lipinski definition) is 1. The first-order chi connectivity index (χ1) is 16.1. The van der Waals surface area contributed by atoms with Gasteiger partial charge < -0.3 is 9.73 Å². The number of furan rings is 1. The van der Waals surface area contributed by atoms with Crippen molar-refractivity contribution in [3.8, 4) is 0 Å². The molecule has 4 aromatic rings. The summed E-state index contributed by atoms with van der Waals surface area (Å²) in [5, 5.41) is 3.89. The molecule has 5 heteroatoms. The Labute approximate surface area is 193 Å². The molecule has 168 valence electrons. The van der Waals surface area contributed by atoms with Crippen molar-refractivity contribution >= 4 is 22.6 Å². The van der Waals surface area contributed by atoms with Gasteiger partial charge in [0.25, 0.3) is 5.91 Å². The van der Waals surface area contributed by atoms with E-state index in [9.17, 15) is 4.79 Å². The highest BCUT2D eigenvalue weighted by molar-refractivity contribution is 6.09. The van der Waals surface area contributed by atoms with Crippen LogP contribution < -0.4 is 5.32 Å². The lowest BCUT2D eigenvalue weighted by molar-refractivity contribution is 0.102. The van der Waals surface area contributed by atoms with E-state index in [2.05, 4.69) is 17.1 Å². The van der Waals surface area contributed by atoms with Crippen LogP contribution in [0.2, 0.25) is 0 Å². The monoisotopic (exact) mass is 442 g/mol. The van der Waals surface area contributed by atoms with Crippen molar-refractivity contribution < 1.29 is 13.6 Å². The molecule has 1 aliphatic rings. The van der Waals surface area contributed by atoms with Crippen LogP contribution in [0.5, 0.6) is 0 Å². The maximum Gasteiger partial charge on any atom is 0.255 e. The van der Waals surface area contributed by atoms with E-state index < -0.39 is 6.04 Å². The summed E-state index contributed by atoms with van der Waals surface area (Å²) in [6.07, 6.45) is 2.08. The number of piperidine rings is 1. The molecule has 5 rings (SSSR count). The van der Waals surface area contributed by atoms with Crippen LogP contribution in [-0.2, 0) is 0 Å². The minimum Gasteiger partial charge on any atom is -0.457 e. The molecule has 3 aromatic carbocycles. The number of likely N-dealkylation sites (tertiary alicyclic amines) is 1. The number of amides is 1. The first-order valence-corrected chi connectivity index (χ1v) is 11.5. The third-order valence-electron chi connectivity index (χ3n) is 6.53. The molecule has 1 saturated heterocycles. The third-order valence-corrected chi connectivity index (χ3v) is 6.53. The van der Waals surface area contributed by atoms with E-state index in [-0.39, 0.29) is 11.7 Å². The zero-order chi connectivity index (χ0) is 22.8. The fourth-order valence-electron chi connectivity index (χ4n) is 4.65. The number of carbonyl (C=O) groups is 1. The van der Waals surface area contributed by atoms with Crippen molar-refractivity contribution in [2.45, 2.75) is 25.8 Å². The van der Waals surface area contributed by atoms with E-state index in [4.69, 9.17) is 4.42 Å². The van der Waals surface area contributed by atoms with Crippen LogP contribution in [0.3, 0.4) is 0 Å². The molecule has 4 nitrogen and oxygen atoms in total. The number of hydrogen-bond acceptors (Lipinski definition) is 3. The Balaban J connectivity index is 1.64. The second kappa shape index (κ2) is 9.20. The van der Waals surface area contributed by atoms with Gasteiger partial charge in [0.1, 0.15) is 11.4 Å². The minimum atomic E-state index is -0.433. The second-order valence-corrected chi connectivity index (χ2v) is 8.80. The van der Waals surface area contributed by atoms with Crippen molar-refractivity contribution in [3.05, 3.63) is 102 Å². The van der Waals surface area contributed by atoms with Gasteiger partial charge in [0, 0.05) is 16.5 Å². The Hall–Kier alpha value is -3.44. The molecule has 0 bridgehead atoms. The van der Waals surface area contributed by atoms with Crippen molar-refractivity contribution in [2.75, 3.05) is 18.4 Å². The lowest BCUT2D eigenvalue weighted by Crippen LogP contribution is -2.37. The predicted molar refractivity (Wildman–Crippen MR) is 129 cm³/mol. The van der Waals surface area contributed by atoms with Crippen LogP contribution >= 0.6 is 0 Å². The highest BCUT2D eigenvalue weighted by Crippen LogP contribution is 2.42. The lowest BCUT2D eigenvalue weighted by atomic mass is 9.94. The van der Waals surface area contributed by atoms with Crippen LogP contribution in [0.1, 0.15) is 47.5 Å². The van der Waals surface area contributed by atoms with E-state index in [0.717, 1.165) is 31.3 Å². The quantitative estimate of drug-likeness (QED) is 0.377. The number of para-hydroxylation sites is 1. The number of halogens is 1. The van der Waals surface area contributed by atoms with Gasteiger partial charge in [-0.1, -0.05) is 55.5 Å². The number of nitrogens with zero attached hydrogens (tertiary/aromatic N) is 1. The summed E-state index contributed by atoms with van der Waals surface area (Å²) in [4.78, 5) is 15.4. The molecule has 1 atom stereocenters. The van der Waals surface area contributed by atoms with E-state index in [1.165, 1.54) is 6.07 Å². The molecule has 2 heterocycles. The van der Waals surface area contributed by atoms with Crippen molar-refractivity contribution in [1.82, 2.24) is 4.90 Å². The summed E-state index contributed by atoms with van der Waals surface area (Å²) in [7, 11) is 0. The third kappa shape index (κ3) is 4.29. The first-order valence-electron chi connectivity index (χ1n) is 11.5. The summed E-state index contributed by atoms with van der Waals surface area (Å²) < 4.78 is 21.5. The Morgan fingerprint density at radius 1 is 0.970 bits per heavy atom. The maximum absolute atomic E-state index is 15.1. The fraction of sp³-hybridized carbons (Fsp3) is 0.250. The van der Waals surface area contributed by atoms with E-state index >= 15 is 4.39 Å². The number of carbonyl (C=O) groups excluding carboxylic acids is 1. The number of benzene rings is 3. The summed E-state index contributed by atoms with van der Waals surface area (Å²) in [5.41, 5.74) is 2.39. The molecule has 0 aliphatic carbocycles. The molecule has 1 unspecified atom stereocenters. The molecule has 1 aliphatic heterocycles. The second-order valence-electron chi connectivity index (χ2n) is 8.80. The molecule has 0 saturated carbocycles. The predicted octanol–water partition coefficient (Wildman–Crippen LogP) is 6.65. The van der Waals surface area contributed by atoms with Gasteiger partial charge in [0.15, 0.2) is 5.76 Å². The van der Waals surface area contributed by atoms with Crippen LogP contribution in [-0.4, -0.2) is 23.9 Å².